The molecule has 16 heavy (non-hydrogen) atoms. The average Bonchev–Trinajstić information content (AvgIpc) is 2.29. The highest BCUT2D eigenvalue weighted by molar-refractivity contribution is 8.22. The lowest BCUT2D eigenvalue weighted by Crippen LogP contribution is -2.06. The van der Waals surface area contributed by atoms with Crippen molar-refractivity contribution >= 4 is 36.7 Å². The van der Waals surface area contributed by atoms with E-state index in [1.807, 2.05) is 0 Å². The van der Waals surface area contributed by atoms with E-state index in [0.717, 1.165) is 34.4 Å². The van der Waals surface area contributed by atoms with Gasteiger partial charge < -0.3 is 15.8 Å². The van der Waals surface area contributed by atoms with Crippen LogP contribution in [0.3, 0.4) is 0 Å². The zero-order valence-corrected chi connectivity index (χ0v) is 10.5. The monoisotopic (exact) mass is 260 g/mol. The van der Waals surface area contributed by atoms with E-state index in [1.54, 1.807) is 13.1 Å². The molecule has 0 bridgehead atoms. The molecule has 1 aromatic rings. The van der Waals surface area contributed by atoms with E-state index in [2.05, 4.69) is 4.98 Å². The topological polar surface area (TPSA) is 79.4 Å². The molecule has 0 saturated carbocycles. The van der Waals surface area contributed by atoms with Crippen LogP contribution in [0.5, 0.6) is 0 Å². The Morgan fingerprint density at radius 3 is 2.88 bits per heavy atom. The van der Waals surface area contributed by atoms with Crippen LogP contribution in [0.4, 0.5) is 0 Å². The van der Waals surface area contributed by atoms with Gasteiger partial charge in [0, 0.05) is 26.1 Å². The lowest BCUT2D eigenvalue weighted by molar-refractivity contribution is 0.622. The second-order valence-corrected chi connectivity index (χ2v) is 4.71. The summed E-state index contributed by atoms with van der Waals surface area (Å²) >= 11 is 2.03. The number of hydrogen-bond donors (Lipinski definition) is 3. The first-order valence-electron chi connectivity index (χ1n) is 5.77. The minimum atomic E-state index is -1.29. The molecule has 1 aromatic heterocycles. The summed E-state index contributed by atoms with van der Waals surface area (Å²) in [5.41, 5.74) is 7.97. The highest BCUT2D eigenvalue weighted by atomic mass is 32.2. The van der Waals surface area contributed by atoms with Crippen molar-refractivity contribution in [1.29, 1.82) is 2.67 Å². The lowest BCUT2D eigenvalue weighted by Gasteiger charge is -2.14. The van der Waals surface area contributed by atoms with Crippen molar-refractivity contribution in [3.8, 4) is 0 Å². The van der Waals surface area contributed by atoms with E-state index in [-0.39, 0.29) is 0 Å². The number of hydrogen-bond acceptors (Lipinski definition) is 6. The fraction of sp³-hybridized carbons (Fsp3) is 0.375. The molecule has 1 rings (SSSR count). The molecule has 0 unspecified atom stereocenters. The van der Waals surface area contributed by atoms with E-state index in [1.165, 1.54) is 0 Å². The normalized spacial score (nSPS) is 12.0. The summed E-state index contributed by atoms with van der Waals surface area (Å²) in [6.45, 7) is -0.430. The molecule has 0 fully saturated rings. The van der Waals surface area contributed by atoms with Gasteiger partial charge >= 0.3 is 13.4 Å². The van der Waals surface area contributed by atoms with Gasteiger partial charge in [0.2, 0.25) is 0 Å². The molecule has 4 nitrogen and oxygen atoms in total. The molecule has 0 amide bonds. The summed E-state index contributed by atoms with van der Waals surface area (Å²) < 4.78 is 14.3. The third-order valence-corrected chi connectivity index (χ3v) is 3.58. The van der Waals surface area contributed by atoms with Crippen LogP contribution in [0.2, 0.25) is 0 Å². The van der Waals surface area contributed by atoms with Crippen molar-refractivity contribution in [1.82, 2.24) is 4.98 Å². The lowest BCUT2D eigenvalue weighted by atomic mass is 10.1. The predicted molar refractivity (Wildman–Crippen MR) is 72.8 cm³/mol. The van der Waals surface area contributed by atoms with Crippen LogP contribution >= 0.6 is 23.2 Å². The minimum Gasteiger partial charge on any atom is -0.444 e. The Morgan fingerprint density at radius 2 is 2.31 bits per heavy atom. The summed E-state index contributed by atoms with van der Waals surface area (Å²) in [6.07, 6.45) is 1.65. The first kappa shape index (κ1) is 11.0. The fourth-order valence-electron chi connectivity index (χ4n) is 1.34. The number of aryl methyl sites for hydroxylation is 1. The van der Waals surface area contributed by atoms with Crippen LogP contribution in [0, 0.1) is 6.92 Å². The fourth-order valence-corrected chi connectivity index (χ4v) is 2.68. The Morgan fingerprint density at radius 1 is 1.56 bits per heavy atom. The molecule has 0 aliphatic rings. The molecule has 0 radical (unpaired) electrons. The van der Waals surface area contributed by atoms with Crippen LogP contribution in [0.15, 0.2) is 11.1 Å². The molecular formula is C8H14B2N2O2S2. The smallest absolute Gasteiger partial charge is 0.344 e. The van der Waals surface area contributed by atoms with Crippen molar-refractivity contribution in [3.63, 3.8) is 0 Å². The maximum atomic E-state index is 9.17. The van der Waals surface area contributed by atoms with Gasteiger partial charge in [-0.15, -0.1) is 11.6 Å². The third kappa shape index (κ3) is 3.43. The molecule has 0 aromatic carbocycles. The van der Waals surface area contributed by atoms with Gasteiger partial charge in [0.1, 0.15) is 0 Å². The van der Waals surface area contributed by atoms with E-state index in [9.17, 15) is 5.02 Å². The first-order valence-corrected chi connectivity index (χ1v) is 6.54. The van der Waals surface area contributed by atoms with Gasteiger partial charge in [-0.05, 0) is 18.1 Å². The standard InChI is InChI=1S/C8H14B2N2O2S2/c1-5-8(16-10-14)7(4-15-9-13)6(2-11)3-12-5/h3,9-10,13-14H,2,4,11H2,1H3/i9T,10T. The molecule has 8 heteroatoms. The van der Waals surface area contributed by atoms with E-state index >= 15 is 0 Å². The van der Waals surface area contributed by atoms with Crippen molar-refractivity contribution < 1.29 is 10.0 Å². The Kier molecular flexibility index (Phi) is 4.97. The molecular weight excluding hydrogens is 242 g/mol. The Labute approximate surface area is 107 Å². The Bertz CT molecular complexity index is 413. The van der Waals surface area contributed by atoms with E-state index in [0.29, 0.717) is 22.9 Å². The van der Waals surface area contributed by atoms with Crippen molar-refractivity contribution in [2.45, 2.75) is 24.1 Å². The zero-order valence-electron chi connectivity index (χ0n) is 10.9. The molecule has 86 valence electrons. The molecule has 0 spiro atoms. The van der Waals surface area contributed by atoms with E-state index in [4.69, 9.17) is 13.4 Å². The summed E-state index contributed by atoms with van der Waals surface area (Å²) in [5, 5.41) is 18.2. The molecule has 0 aliphatic heterocycles. The summed E-state index contributed by atoms with van der Waals surface area (Å²) in [5.74, 6) is 0.398. The average molecular weight is 260 g/mol. The largest absolute Gasteiger partial charge is 0.444 e. The third-order valence-electron chi connectivity index (χ3n) is 2.10. The number of rotatable bonds is 6. The number of pyridine rings is 1. The van der Waals surface area contributed by atoms with Crippen molar-refractivity contribution in [3.05, 3.63) is 23.0 Å². The zero-order chi connectivity index (χ0) is 13.7. The highest BCUT2D eigenvalue weighted by Gasteiger charge is 2.12. The van der Waals surface area contributed by atoms with Gasteiger partial charge in [0.05, 0.1) is 5.69 Å². The Balaban J connectivity index is 3.10. The minimum absolute atomic E-state index is 0.291. The maximum absolute atomic E-state index is 9.17. The van der Waals surface area contributed by atoms with Crippen molar-refractivity contribution in [2.75, 3.05) is 0 Å². The predicted octanol–water partition coefficient (Wildman–Crippen LogP) is -0.308. The molecule has 0 aliphatic carbocycles. The molecule has 1 heterocycles. The van der Waals surface area contributed by atoms with E-state index < -0.39 is 13.4 Å². The van der Waals surface area contributed by atoms with Crippen molar-refractivity contribution in [2.24, 2.45) is 5.73 Å². The second-order valence-electron chi connectivity index (χ2n) is 3.02. The van der Waals surface area contributed by atoms with Crippen LogP contribution < -0.4 is 5.73 Å². The Hall–Kier alpha value is -0.140. The number of aromatic nitrogens is 1. The first-order chi connectivity index (χ1) is 8.45. The van der Waals surface area contributed by atoms with Crippen LogP contribution in [-0.2, 0) is 12.3 Å². The SMILES string of the molecule is [3H]B(O)SCc1c(CN)cnc(C)c1SB([3H])O. The number of nitrogens with two attached hydrogens (primary N) is 1. The summed E-state index contributed by atoms with van der Waals surface area (Å²) in [7, 11) is 0. The number of nitrogens with zero attached hydrogens (tertiary/aromatic N) is 1. The summed E-state index contributed by atoms with van der Waals surface area (Å²) in [6, 6.07) is 0. The van der Waals surface area contributed by atoms with Crippen LogP contribution in [0.25, 0.3) is 0 Å². The molecule has 0 saturated heterocycles. The van der Waals surface area contributed by atoms with Gasteiger partial charge in [-0.1, -0.05) is 0 Å². The highest BCUT2D eigenvalue weighted by Crippen LogP contribution is 2.29. The molecule has 4 N–H and O–H groups in total. The maximum Gasteiger partial charge on any atom is 0.344 e. The quantitative estimate of drug-likeness (QED) is 0.609. The van der Waals surface area contributed by atoms with Crippen LogP contribution in [0.1, 0.15) is 16.8 Å². The molecule has 0 atom stereocenters. The van der Waals surface area contributed by atoms with Gasteiger partial charge in [-0.2, -0.15) is 11.6 Å². The van der Waals surface area contributed by atoms with Gasteiger partial charge in [-0.25, -0.2) is 0 Å². The second kappa shape index (κ2) is 7.24. The van der Waals surface area contributed by atoms with Crippen LogP contribution in [-0.4, -0.2) is 31.2 Å². The van der Waals surface area contributed by atoms with Gasteiger partial charge in [0.25, 0.3) is 0 Å². The summed E-state index contributed by atoms with van der Waals surface area (Å²) in [4.78, 5) is 4.88. The van der Waals surface area contributed by atoms with Gasteiger partial charge in [-0.3, -0.25) is 4.98 Å². The van der Waals surface area contributed by atoms with Gasteiger partial charge in [0.15, 0.2) is 0 Å².